The minimum Gasteiger partial charge on any atom is -0.463 e. The van der Waals surface area contributed by atoms with Gasteiger partial charge in [-0.2, -0.15) is 0 Å². The number of ketones is 1. The molecule has 0 spiro atoms. The lowest BCUT2D eigenvalue weighted by molar-refractivity contribution is -0.153. The zero-order chi connectivity index (χ0) is 18.3. The summed E-state index contributed by atoms with van der Waals surface area (Å²) >= 11 is 0. The summed E-state index contributed by atoms with van der Waals surface area (Å²) < 4.78 is 5.54. The van der Waals surface area contributed by atoms with Crippen molar-refractivity contribution in [3.05, 3.63) is 0 Å². The van der Waals surface area contributed by atoms with Crippen molar-refractivity contribution in [2.24, 2.45) is 46.3 Å². The summed E-state index contributed by atoms with van der Waals surface area (Å²) in [5, 5.41) is 0. The molecule has 0 unspecified atom stereocenters. The van der Waals surface area contributed by atoms with E-state index in [0.717, 1.165) is 42.4 Å². The van der Waals surface area contributed by atoms with Crippen molar-refractivity contribution in [1.29, 1.82) is 0 Å². The third-order valence-corrected chi connectivity index (χ3v) is 9.92. The summed E-state index contributed by atoms with van der Waals surface area (Å²) in [4.78, 5) is 23.9. The molecule has 0 saturated heterocycles. The Balaban J connectivity index is 1.34. The van der Waals surface area contributed by atoms with Gasteiger partial charge in [-0.15, -0.1) is 0 Å². The molecular weight excluding hydrogens is 324 g/mol. The second kappa shape index (κ2) is 5.58. The third kappa shape index (κ3) is 2.12. The predicted octanol–water partition coefficient (Wildman–Crippen LogP) is 4.78. The molecule has 0 aromatic heterocycles. The van der Waals surface area contributed by atoms with E-state index in [4.69, 9.17) is 4.74 Å². The second-order valence-electron chi connectivity index (χ2n) is 10.6. The van der Waals surface area contributed by atoms with E-state index >= 15 is 0 Å². The molecule has 0 amide bonds. The van der Waals surface area contributed by atoms with Crippen LogP contribution in [0, 0.1) is 46.3 Å². The number of carbonyl (C=O) groups excluding carboxylic acids is 2. The number of fused-ring (bicyclic) bond motifs is 7. The van der Waals surface area contributed by atoms with E-state index in [-0.39, 0.29) is 22.9 Å². The van der Waals surface area contributed by atoms with Gasteiger partial charge in [0, 0.05) is 12.3 Å². The Labute approximate surface area is 157 Å². The average molecular weight is 359 g/mol. The molecule has 0 N–H and O–H groups in total. The molecule has 5 fully saturated rings. The van der Waals surface area contributed by atoms with E-state index in [1.807, 2.05) is 6.92 Å². The third-order valence-electron chi connectivity index (χ3n) is 9.92. The van der Waals surface area contributed by atoms with Crippen LogP contribution in [0.1, 0.15) is 78.6 Å². The largest absolute Gasteiger partial charge is 0.463 e. The molecule has 5 aliphatic rings. The summed E-state index contributed by atoms with van der Waals surface area (Å²) in [6, 6.07) is 0. The highest BCUT2D eigenvalue weighted by atomic mass is 16.5. The number of esters is 1. The highest BCUT2D eigenvalue weighted by Gasteiger charge is 2.76. The van der Waals surface area contributed by atoms with Crippen LogP contribution in [0.25, 0.3) is 0 Å². The molecule has 0 aromatic carbocycles. The van der Waals surface area contributed by atoms with Gasteiger partial charge in [0.1, 0.15) is 11.9 Å². The minimum atomic E-state index is -0.115. The SMILES string of the molecule is CC(=O)O[C@@H]1CC[C@H]2[C@H](CC[C@@H]3[C@@H]2CC[C@@]2(C)[C@H]3C[C@H]3C[C@]32C(C)=O)C1. The number of hydrogen-bond donors (Lipinski definition) is 0. The lowest BCUT2D eigenvalue weighted by Crippen LogP contribution is -2.51. The quantitative estimate of drug-likeness (QED) is 0.668. The maximum Gasteiger partial charge on any atom is 0.302 e. The van der Waals surface area contributed by atoms with Gasteiger partial charge < -0.3 is 4.74 Å². The van der Waals surface area contributed by atoms with E-state index in [1.54, 1.807) is 6.92 Å². The Morgan fingerprint density at radius 2 is 1.69 bits per heavy atom. The van der Waals surface area contributed by atoms with Gasteiger partial charge in [0.15, 0.2) is 0 Å². The molecule has 5 rings (SSSR count). The first-order chi connectivity index (χ1) is 12.4. The van der Waals surface area contributed by atoms with E-state index in [2.05, 4.69) is 6.92 Å². The maximum atomic E-state index is 12.5. The first-order valence-electron chi connectivity index (χ1n) is 11.0. The Morgan fingerprint density at radius 1 is 0.923 bits per heavy atom. The van der Waals surface area contributed by atoms with Crippen molar-refractivity contribution < 1.29 is 14.3 Å². The Hall–Kier alpha value is -0.860. The Kier molecular flexibility index (Phi) is 3.70. The standard InChI is InChI=1S/C23H34O3/c1-13(24)23-12-16(23)11-21-20-6-4-15-10-17(26-14(2)25)5-7-18(15)19(20)8-9-22(21,23)3/h15-21H,4-12H2,1-3H3/t15-,16+,17-,18+,19-,20-,21+,22+,23+/m1/s1. The van der Waals surface area contributed by atoms with Crippen molar-refractivity contribution in [3.8, 4) is 0 Å². The number of rotatable bonds is 2. The van der Waals surface area contributed by atoms with Crippen LogP contribution < -0.4 is 0 Å². The van der Waals surface area contributed by atoms with Crippen LogP contribution in [-0.2, 0) is 14.3 Å². The van der Waals surface area contributed by atoms with Gasteiger partial charge in [0.05, 0.1) is 0 Å². The highest BCUT2D eigenvalue weighted by molar-refractivity contribution is 5.87. The van der Waals surface area contributed by atoms with Crippen LogP contribution in [0.3, 0.4) is 0 Å². The smallest absolute Gasteiger partial charge is 0.302 e. The summed E-state index contributed by atoms with van der Waals surface area (Å²) in [6.45, 7) is 5.89. The lowest BCUT2D eigenvalue weighted by atomic mass is 9.48. The van der Waals surface area contributed by atoms with Gasteiger partial charge in [-0.1, -0.05) is 6.92 Å². The normalized spacial score (nSPS) is 54.3. The Bertz CT molecular complexity index is 641. The summed E-state index contributed by atoms with van der Waals surface area (Å²) in [7, 11) is 0. The molecule has 5 aliphatic carbocycles. The molecule has 9 atom stereocenters. The number of carbonyl (C=O) groups is 2. The van der Waals surface area contributed by atoms with Gasteiger partial charge in [0.2, 0.25) is 0 Å². The highest BCUT2D eigenvalue weighted by Crippen LogP contribution is 2.79. The van der Waals surface area contributed by atoms with Crippen LogP contribution in [-0.4, -0.2) is 17.9 Å². The minimum absolute atomic E-state index is 0.0620. The molecule has 0 aliphatic heterocycles. The first kappa shape index (κ1) is 17.3. The summed E-state index contributed by atoms with van der Waals surface area (Å²) in [5.41, 5.74) is 0.346. The molecule has 26 heavy (non-hydrogen) atoms. The van der Waals surface area contributed by atoms with Crippen molar-refractivity contribution in [2.75, 3.05) is 0 Å². The molecule has 3 heteroatoms. The summed E-state index contributed by atoms with van der Waals surface area (Å²) in [5.74, 6) is 5.18. The predicted molar refractivity (Wildman–Crippen MR) is 99.3 cm³/mol. The monoisotopic (exact) mass is 358 g/mol. The van der Waals surface area contributed by atoms with Crippen LogP contribution in [0.5, 0.6) is 0 Å². The van der Waals surface area contributed by atoms with E-state index in [9.17, 15) is 9.59 Å². The van der Waals surface area contributed by atoms with Crippen LogP contribution in [0.4, 0.5) is 0 Å². The maximum absolute atomic E-state index is 12.5. The van der Waals surface area contributed by atoms with Gasteiger partial charge in [0.25, 0.3) is 0 Å². The molecule has 144 valence electrons. The van der Waals surface area contributed by atoms with Crippen molar-refractivity contribution >= 4 is 11.8 Å². The van der Waals surface area contributed by atoms with E-state index < -0.39 is 0 Å². The van der Waals surface area contributed by atoms with Crippen LogP contribution in [0.2, 0.25) is 0 Å². The van der Waals surface area contributed by atoms with Gasteiger partial charge in [-0.3, -0.25) is 9.59 Å². The van der Waals surface area contributed by atoms with Gasteiger partial charge in [-0.25, -0.2) is 0 Å². The molecule has 3 nitrogen and oxygen atoms in total. The van der Waals surface area contributed by atoms with Crippen molar-refractivity contribution in [3.63, 3.8) is 0 Å². The average Bonchev–Trinajstić information content (AvgIpc) is 3.27. The lowest BCUT2D eigenvalue weighted by Gasteiger charge is -2.57. The Morgan fingerprint density at radius 3 is 2.42 bits per heavy atom. The van der Waals surface area contributed by atoms with Gasteiger partial charge in [-0.05, 0) is 106 Å². The number of Topliss-reactive ketones (excluding diaryl/α,β-unsaturated/α-hetero) is 1. The van der Waals surface area contributed by atoms with Gasteiger partial charge >= 0.3 is 5.97 Å². The van der Waals surface area contributed by atoms with Crippen molar-refractivity contribution in [2.45, 2.75) is 84.7 Å². The molecule has 0 heterocycles. The van der Waals surface area contributed by atoms with Crippen LogP contribution >= 0.6 is 0 Å². The topological polar surface area (TPSA) is 43.4 Å². The number of ether oxygens (including phenoxy) is 1. The zero-order valence-electron chi connectivity index (χ0n) is 16.6. The van der Waals surface area contributed by atoms with Crippen LogP contribution in [0.15, 0.2) is 0 Å². The van der Waals surface area contributed by atoms with E-state index in [1.165, 1.54) is 44.9 Å². The fourth-order valence-corrected chi connectivity index (χ4v) is 8.91. The number of hydrogen-bond acceptors (Lipinski definition) is 3. The first-order valence-corrected chi connectivity index (χ1v) is 11.0. The van der Waals surface area contributed by atoms with E-state index in [0.29, 0.717) is 11.7 Å². The van der Waals surface area contributed by atoms with Crippen molar-refractivity contribution in [1.82, 2.24) is 0 Å². The summed E-state index contributed by atoms with van der Waals surface area (Å²) in [6.07, 6.45) is 11.3. The molecule has 5 saturated carbocycles. The molecular formula is C23H34O3. The molecule has 0 bridgehead atoms. The molecule has 0 aromatic rings. The molecule has 0 radical (unpaired) electrons. The second-order valence-corrected chi connectivity index (χ2v) is 10.6. The fourth-order valence-electron chi connectivity index (χ4n) is 8.91. The fraction of sp³-hybridized carbons (Fsp3) is 0.913. The zero-order valence-corrected chi connectivity index (χ0v) is 16.6.